The summed E-state index contributed by atoms with van der Waals surface area (Å²) in [5, 5.41) is 33.5. The molecule has 0 spiro atoms. The van der Waals surface area contributed by atoms with E-state index in [1.165, 1.54) is 141 Å². The van der Waals surface area contributed by atoms with E-state index in [9.17, 15) is 20.1 Å². The first-order chi connectivity index (χ1) is 24.6. The van der Waals surface area contributed by atoms with Crippen molar-refractivity contribution in [2.24, 2.45) is 0 Å². The molecule has 0 rings (SSSR count). The Morgan fingerprint density at radius 3 is 1.22 bits per heavy atom. The van der Waals surface area contributed by atoms with Crippen molar-refractivity contribution < 1.29 is 20.1 Å². The van der Waals surface area contributed by atoms with Gasteiger partial charge in [0.25, 0.3) is 0 Å². The summed E-state index contributed by atoms with van der Waals surface area (Å²) in [7, 11) is 0. The van der Waals surface area contributed by atoms with Crippen LogP contribution in [-0.4, -0.2) is 46.1 Å². The average molecular weight is 704 g/mol. The lowest BCUT2D eigenvalue weighted by molar-refractivity contribution is -0.124. The molecule has 5 heteroatoms. The second-order valence-corrected chi connectivity index (χ2v) is 14.9. The van der Waals surface area contributed by atoms with Gasteiger partial charge >= 0.3 is 0 Å². The van der Waals surface area contributed by atoms with Gasteiger partial charge in [0.2, 0.25) is 5.91 Å². The standard InChI is InChI=1S/C45H85NO4/c1-3-5-7-9-11-13-15-17-19-21-23-25-27-29-31-33-35-37-39-43(48)45(50)42(41-47)46-44(49)40-38-36-34-32-30-28-26-24-22-20-18-16-14-12-10-8-6-4-2/h23-26,31,33,42-43,45,47-48,50H,3-22,27-30,32,34-41H2,1-2H3,(H,46,49)/b25-23+,26-24-,33-31+. The van der Waals surface area contributed by atoms with Crippen molar-refractivity contribution in [1.82, 2.24) is 5.32 Å². The lowest BCUT2D eigenvalue weighted by Crippen LogP contribution is -2.50. The van der Waals surface area contributed by atoms with Crippen LogP contribution in [0.1, 0.15) is 219 Å². The number of aliphatic hydroxyl groups excluding tert-OH is 3. The van der Waals surface area contributed by atoms with Gasteiger partial charge < -0.3 is 20.6 Å². The Balaban J connectivity index is 3.72. The fraction of sp³-hybridized carbons (Fsp3) is 0.844. The molecule has 0 saturated carbocycles. The lowest BCUT2D eigenvalue weighted by Gasteiger charge is -2.26. The first-order valence-corrected chi connectivity index (χ1v) is 21.8. The number of carbonyl (C=O) groups is 1. The van der Waals surface area contributed by atoms with Crippen molar-refractivity contribution in [3.05, 3.63) is 36.5 Å². The van der Waals surface area contributed by atoms with E-state index >= 15 is 0 Å². The number of rotatable bonds is 39. The van der Waals surface area contributed by atoms with Crippen molar-refractivity contribution in [2.75, 3.05) is 6.61 Å². The number of unbranched alkanes of at least 4 members (excludes halogenated alkanes) is 25. The van der Waals surface area contributed by atoms with E-state index in [2.05, 4.69) is 55.6 Å². The highest BCUT2D eigenvalue weighted by Crippen LogP contribution is 2.14. The fourth-order valence-corrected chi connectivity index (χ4v) is 6.53. The molecule has 0 bridgehead atoms. The van der Waals surface area contributed by atoms with Crippen LogP contribution in [0.25, 0.3) is 0 Å². The number of hydrogen-bond acceptors (Lipinski definition) is 4. The van der Waals surface area contributed by atoms with E-state index in [1.54, 1.807) is 0 Å². The molecule has 0 radical (unpaired) electrons. The second kappa shape index (κ2) is 40.3. The summed E-state index contributed by atoms with van der Waals surface area (Å²) in [6, 6.07) is -0.835. The number of nitrogens with one attached hydrogen (secondary N) is 1. The smallest absolute Gasteiger partial charge is 0.220 e. The van der Waals surface area contributed by atoms with Crippen LogP contribution in [-0.2, 0) is 4.79 Å². The van der Waals surface area contributed by atoms with Crippen LogP contribution < -0.4 is 5.32 Å². The molecule has 0 aliphatic heterocycles. The molecule has 0 aliphatic rings. The molecule has 0 saturated heterocycles. The van der Waals surface area contributed by atoms with E-state index < -0.39 is 18.2 Å². The third kappa shape index (κ3) is 35.0. The highest BCUT2D eigenvalue weighted by atomic mass is 16.3. The first kappa shape index (κ1) is 48.6. The number of amides is 1. The summed E-state index contributed by atoms with van der Waals surface area (Å²) in [6.45, 7) is 4.16. The maximum Gasteiger partial charge on any atom is 0.220 e. The second-order valence-electron chi connectivity index (χ2n) is 14.9. The summed E-state index contributed by atoms with van der Waals surface area (Å²) in [4.78, 5) is 12.4. The van der Waals surface area contributed by atoms with Crippen LogP contribution in [0.5, 0.6) is 0 Å². The minimum absolute atomic E-state index is 0.167. The van der Waals surface area contributed by atoms with Crippen molar-refractivity contribution in [3.8, 4) is 0 Å². The molecule has 0 aromatic rings. The molecule has 1 amide bonds. The molecule has 0 aromatic carbocycles. The average Bonchev–Trinajstić information content (AvgIpc) is 3.12. The molecule has 0 fully saturated rings. The van der Waals surface area contributed by atoms with Gasteiger partial charge in [0.1, 0.15) is 6.10 Å². The Kier molecular flexibility index (Phi) is 39.2. The van der Waals surface area contributed by atoms with Gasteiger partial charge in [-0.05, 0) is 77.0 Å². The third-order valence-electron chi connectivity index (χ3n) is 9.94. The topological polar surface area (TPSA) is 89.8 Å². The minimum atomic E-state index is -1.17. The van der Waals surface area contributed by atoms with Crippen molar-refractivity contribution in [2.45, 2.75) is 238 Å². The van der Waals surface area contributed by atoms with E-state index in [0.29, 0.717) is 12.8 Å². The highest BCUT2D eigenvalue weighted by molar-refractivity contribution is 5.76. The van der Waals surface area contributed by atoms with Gasteiger partial charge in [-0.3, -0.25) is 4.79 Å². The Morgan fingerprint density at radius 2 is 0.820 bits per heavy atom. The van der Waals surface area contributed by atoms with Gasteiger partial charge in [0.05, 0.1) is 18.8 Å². The number of carbonyl (C=O) groups excluding carboxylic acids is 1. The molecule has 294 valence electrons. The van der Waals surface area contributed by atoms with Gasteiger partial charge in [-0.2, -0.15) is 0 Å². The monoisotopic (exact) mass is 704 g/mol. The summed E-state index contributed by atoms with van der Waals surface area (Å²) in [5.74, 6) is -0.167. The Bertz CT molecular complexity index is 779. The van der Waals surface area contributed by atoms with Crippen LogP contribution in [0.3, 0.4) is 0 Å². The third-order valence-corrected chi connectivity index (χ3v) is 9.94. The van der Waals surface area contributed by atoms with Gasteiger partial charge in [-0.25, -0.2) is 0 Å². The maximum absolute atomic E-state index is 12.4. The molecule has 3 atom stereocenters. The van der Waals surface area contributed by atoms with E-state index in [4.69, 9.17) is 0 Å². The quantitative estimate of drug-likeness (QED) is 0.0379. The van der Waals surface area contributed by atoms with E-state index in [-0.39, 0.29) is 12.5 Å². The van der Waals surface area contributed by atoms with Crippen LogP contribution in [0.4, 0.5) is 0 Å². The predicted octanol–water partition coefficient (Wildman–Crippen LogP) is 12.4. The number of allylic oxidation sites excluding steroid dienone is 6. The maximum atomic E-state index is 12.4. The largest absolute Gasteiger partial charge is 0.394 e. The van der Waals surface area contributed by atoms with Crippen LogP contribution in [0.15, 0.2) is 36.5 Å². The predicted molar refractivity (Wildman–Crippen MR) is 218 cm³/mol. The zero-order chi connectivity index (χ0) is 36.6. The number of aliphatic hydroxyl groups is 3. The molecular weight excluding hydrogens is 618 g/mol. The molecule has 4 N–H and O–H groups in total. The summed E-state index contributed by atoms with van der Waals surface area (Å²) in [5.41, 5.74) is 0. The van der Waals surface area contributed by atoms with Crippen LogP contribution in [0, 0.1) is 0 Å². The molecule has 0 heterocycles. The van der Waals surface area contributed by atoms with E-state index in [0.717, 1.165) is 51.4 Å². The molecule has 5 nitrogen and oxygen atoms in total. The molecule has 50 heavy (non-hydrogen) atoms. The van der Waals surface area contributed by atoms with E-state index in [1.807, 2.05) is 0 Å². The normalized spacial score (nSPS) is 13.9. The molecule has 0 aliphatic carbocycles. The summed E-state index contributed by atoms with van der Waals surface area (Å²) < 4.78 is 0. The molecular formula is C45H85NO4. The van der Waals surface area contributed by atoms with Crippen molar-refractivity contribution in [3.63, 3.8) is 0 Å². The van der Waals surface area contributed by atoms with Crippen LogP contribution >= 0.6 is 0 Å². The van der Waals surface area contributed by atoms with Gasteiger partial charge in [-0.15, -0.1) is 0 Å². The minimum Gasteiger partial charge on any atom is -0.394 e. The van der Waals surface area contributed by atoms with Gasteiger partial charge in [0, 0.05) is 6.42 Å². The lowest BCUT2D eigenvalue weighted by atomic mass is 10.0. The Hall–Kier alpha value is -1.43. The molecule has 3 unspecified atom stereocenters. The summed E-state index contributed by atoms with van der Waals surface area (Å²) >= 11 is 0. The number of hydrogen-bond donors (Lipinski definition) is 4. The SMILES string of the molecule is CCCCCCCCCCC/C=C\CCCCCCCC(=O)NC(CO)C(O)C(O)CCC/C=C/CC/C=C/CCCCCCCCCCC. The Morgan fingerprint density at radius 1 is 0.480 bits per heavy atom. The first-order valence-electron chi connectivity index (χ1n) is 21.8. The van der Waals surface area contributed by atoms with Crippen molar-refractivity contribution >= 4 is 5.91 Å². The van der Waals surface area contributed by atoms with Gasteiger partial charge in [0.15, 0.2) is 0 Å². The van der Waals surface area contributed by atoms with Gasteiger partial charge in [-0.1, -0.05) is 172 Å². The van der Waals surface area contributed by atoms with Crippen molar-refractivity contribution in [1.29, 1.82) is 0 Å². The molecule has 0 aromatic heterocycles. The summed E-state index contributed by atoms with van der Waals surface area (Å²) in [6.07, 6.45) is 49.6. The fourth-order valence-electron chi connectivity index (χ4n) is 6.53. The highest BCUT2D eigenvalue weighted by Gasteiger charge is 2.26. The zero-order valence-corrected chi connectivity index (χ0v) is 33.3. The van der Waals surface area contributed by atoms with Crippen LogP contribution in [0.2, 0.25) is 0 Å². The zero-order valence-electron chi connectivity index (χ0n) is 33.3. The Labute approximate surface area is 311 Å².